The van der Waals surface area contributed by atoms with Crippen molar-refractivity contribution in [1.29, 1.82) is 0 Å². The molecule has 0 saturated carbocycles. The summed E-state index contributed by atoms with van der Waals surface area (Å²) in [5.74, 6) is 0.934. The second-order valence-corrected chi connectivity index (χ2v) is 8.65. The number of anilines is 1. The molecule has 0 radical (unpaired) electrons. The molecule has 0 spiro atoms. The van der Waals surface area contributed by atoms with Crippen molar-refractivity contribution in [2.24, 2.45) is 0 Å². The molecule has 154 valence electrons. The summed E-state index contributed by atoms with van der Waals surface area (Å²) >= 11 is 3.64. The van der Waals surface area contributed by atoms with Crippen molar-refractivity contribution in [3.05, 3.63) is 46.1 Å². The van der Waals surface area contributed by atoms with Gasteiger partial charge in [-0.05, 0) is 43.9 Å². The third kappa shape index (κ3) is 4.38. The molecular formula is C21H27BrN6O. The number of nitrogens with zero attached hydrogens (tertiary/aromatic N) is 4. The van der Waals surface area contributed by atoms with Crippen LogP contribution in [0.3, 0.4) is 0 Å². The lowest BCUT2D eigenvalue weighted by Crippen LogP contribution is -2.37. The summed E-state index contributed by atoms with van der Waals surface area (Å²) in [5, 5.41) is 11.4. The highest BCUT2D eigenvalue weighted by Crippen LogP contribution is 2.28. The van der Waals surface area contributed by atoms with Crippen LogP contribution in [0, 0.1) is 0 Å². The third-order valence-electron chi connectivity index (χ3n) is 5.24. The van der Waals surface area contributed by atoms with Crippen LogP contribution in [-0.4, -0.2) is 38.8 Å². The van der Waals surface area contributed by atoms with Gasteiger partial charge in [0, 0.05) is 16.6 Å². The minimum Gasteiger partial charge on any atom is -0.459 e. The Morgan fingerprint density at radius 1 is 1.21 bits per heavy atom. The fraction of sp³-hybridized carbons (Fsp3) is 0.476. The molecule has 8 heteroatoms. The molecule has 0 amide bonds. The van der Waals surface area contributed by atoms with Crippen molar-refractivity contribution in [2.75, 3.05) is 18.4 Å². The SMILES string of the molecule is CC(C)c1cnn2c(NC(C)c3ccccc3Br)nc(OC3CCCNC3)nc12. The predicted molar refractivity (Wildman–Crippen MR) is 118 cm³/mol. The zero-order chi connectivity index (χ0) is 20.4. The minimum absolute atomic E-state index is 0.0274. The molecule has 4 rings (SSSR count). The molecule has 1 aliphatic rings. The molecule has 7 nitrogen and oxygen atoms in total. The van der Waals surface area contributed by atoms with Crippen molar-refractivity contribution in [3.63, 3.8) is 0 Å². The molecule has 2 unspecified atom stereocenters. The molecule has 1 fully saturated rings. The number of hydrogen-bond acceptors (Lipinski definition) is 6. The molecule has 1 saturated heterocycles. The highest BCUT2D eigenvalue weighted by Gasteiger charge is 2.21. The van der Waals surface area contributed by atoms with E-state index in [4.69, 9.17) is 9.72 Å². The van der Waals surface area contributed by atoms with Gasteiger partial charge < -0.3 is 15.4 Å². The topological polar surface area (TPSA) is 76.4 Å². The summed E-state index contributed by atoms with van der Waals surface area (Å²) < 4.78 is 8.97. The number of hydrogen-bond donors (Lipinski definition) is 2. The van der Waals surface area contributed by atoms with Gasteiger partial charge in [-0.1, -0.05) is 48.0 Å². The lowest BCUT2D eigenvalue weighted by atomic mass is 10.1. The average Bonchev–Trinajstić information content (AvgIpc) is 3.13. The van der Waals surface area contributed by atoms with E-state index < -0.39 is 0 Å². The van der Waals surface area contributed by atoms with Crippen LogP contribution in [0.5, 0.6) is 6.01 Å². The Labute approximate surface area is 179 Å². The first kappa shape index (κ1) is 20.1. The molecular weight excluding hydrogens is 432 g/mol. The molecule has 2 N–H and O–H groups in total. The Bertz CT molecular complexity index is 982. The van der Waals surface area contributed by atoms with Crippen molar-refractivity contribution in [1.82, 2.24) is 24.9 Å². The smallest absolute Gasteiger partial charge is 0.322 e. The van der Waals surface area contributed by atoms with Gasteiger partial charge in [0.2, 0.25) is 5.95 Å². The van der Waals surface area contributed by atoms with Gasteiger partial charge >= 0.3 is 6.01 Å². The maximum absolute atomic E-state index is 6.14. The van der Waals surface area contributed by atoms with Crippen LogP contribution < -0.4 is 15.4 Å². The molecule has 0 bridgehead atoms. The highest BCUT2D eigenvalue weighted by atomic mass is 79.9. The van der Waals surface area contributed by atoms with Gasteiger partial charge in [0.25, 0.3) is 0 Å². The van der Waals surface area contributed by atoms with Crippen LogP contribution in [0.25, 0.3) is 5.65 Å². The van der Waals surface area contributed by atoms with Crippen molar-refractivity contribution in [3.8, 4) is 6.01 Å². The molecule has 3 heterocycles. The summed E-state index contributed by atoms with van der Waals surface area (Å²) in [4.78, 5) is 9.37. The number of aromatic nitrogens is 4. The van der Waals surface area contributed by atoms with Crippen LogP contribution >= 0.6 is 15.9 Å². The first-order valence-corrected chi connectivity index (χ1v) is 11.0. The zero-order valence-electron chi connectivity index (χ0n) is 17.0. The summed E-state index contributed by atoms with van der Waals surface area (Å²) in [6.45, 7) is 8.24. The second kappa shape index (κ2) is 8.67. The maximum Gasteiger partial charge on any atom is 0.322 e. The standard InChI is InChI=1S/C21H27BrN6O/c1-13(2)17-12-24-28-19(17)26-21(29-15-7-6-10-23-11-15)27-20(28)25-14(3)16-8-4-5-9-18(16)22/h4-5,8-9,12-15,23H,6-7,10-11H2,1-3H3,(H,25,26,27). The molecule has 1 aliphatic heterocycles. The minimum atomic E-state index is 0.0274. The van der Waals surface area contributed by atoms with E-state index in [1.807, 2.05) is 24.4 Å². The lowest BCUT2D eigenvalue weighted by molar-refractivity contribution is 0.153. The van der Waals surface area contributed by atoms with E-state index in [-0.39, 0.29) is 12.1 Å². The number of benzene rings is 1. The summed E-state index contributed by atoms with van der Waals surface area (Å²) in [6.07, 6.45) is 4.06. The highest BCUT2D eigenvalue weighted by molar-refractivity contribution is 9.10. The predicted octanol–water partition coefficient (Wildman–Crippen LogP) is 4.31. The lowest BCUT2D eigenvalue weighted by Gasteiger charge is -2.23. The van der Waals surface area contributed by atoms with E-state index in [0.717, 1.165) is 47.2 Å². The van der Waals surface area contributed by atoms with Crippen LogP contribution in [0.15, 0.2) is 34.9 Å². The largest absolute Gasteiger partial charge is 0.459 e. The van der Waals surface area contributed by atoms with Gasteiger partial charge in [0.05, 0.1) is 12.2 Å². The number of rotatable bonds is 6. The normalized spacial score (nSPS) is 18.2. The molecule has 3 aromatic rings. The van der Waals surface area contributed by atoms with Crippen molar-refractivity contribution < 1.29 is 4.74 Å². The Morgan fingerprint density at radius 2 is 2.03 bits per heavy atom. The first-order chi connectivity index (χ1) is 14.0. The quantitative estimate of drug-likeness (QED) is 0.572. The number of halogens is 1. The molecule has 2 atom stereocenters. The van der Waals surface area contributed by atoms with E-state index >= 15 is 0 Å². The van der Waals surface area contributed by atoms with E-state index in [0.29, 0.717) is 17.9 Å². The van der Waals surface area contributed by atoms with Gasteiger partial charge in [0.15, 0.2) is 5.65 Å². The molecule has 1 aromatic carbocycles. The van der Waals surface area contributed by atoms with E-state index in [1.54, 1.807) is 4.52 Å². The van der Waals surface area contributed by atoms with E-state index in [2.05, 4.69) is 63.5 Å². The average molecular weight is 459 g/mol. The number of piperidine rings is 1. The number of ether oxygens (including phenoxy) is 1. The summed E-state index contributed by atoms with van der Waals surface area (Å²) in [5.41, 5.74) is 3.01. The van der Waals surface area contributed by atoms with Crippen molar-refractivity contribution in [2.45, 2.75) is 51.7 Å². The van der Waals surface area contributed by atoms with Crippen molar-refractivity contribution >= 4 is 27.5 Å². The Balaban J connectivity index is 1.70. The Hall–Kier alpha value is -2.19. The van der Waals surface area contributed by atoms with Gasteiger partial charge in [0.1, 0.15) is 6.10 Å². The van der Waals surface area contributed by atoms with Gasteiger partial charge in [-0.25, -0.2) is 0 Å². The Kier molecular flexibility index (Phi) is 6.01. The second-order valence-electron chi connectivity index (χ2n) is 7.79. The molecule has 29 heavy (non-hydrogen) atoms. The number of fused-ring (bicyclic) bond motifs is 1. The maximum atomic E-state index is 6.14. The third-order valence-corrected chi connectivity index (χ3v) is 5.96. The number of nitrogens with one attached hydrogen (secondary N) is 2. The Morgan fingerprint density at radius 3 is 2.76 bits per heavy atom. The molecule has 0 aliphatic carbocycles. The van der Waals surface area contributed by atoms with Gasteiger partial charge in [-0.3, -0.25) is 0 Å². The van der Waals surface area contributed by atoms with Gasteiger partial charge in [-0.2, -0.15) is 19.6 Å². The van der Waals surface area contributed by atoms with E-state index in [9.17, 15) is 0 Å². The van der Waals surface area contributed by atoms with Crippen LogP contribution in [-0.2, 0) is 0 Å². The summed E-state index contributed by atoms with van der Waals surface area (Å²) in [7, 11) is 0. The van der Waals surface area contributed by atoms with Crippen LogP contribution in [0.4, 0.5) is 5.95 Å². The first-order valence-electron chi connectivity index (χ1n) is 10.2. The zero-order valence-corrected chi connectivity index (χ0v) is 18.6. The summed E-state index contributed by atoms with van der Waals surface area (Å²) in [6, 6.07) is 8.60. The fourth-order valence-corrected chi connectivity index (χ4v) is 4.22. The van der Waals surface area contributed by atoms with Crippen LogP contribution in [0.1, 0.15) is 56.7 Å². The fourth-order valence-electron chi connectivity index (χ4n) is 3.60. The van der Waals surface area contributed by atoms with Crippen LogP contribution in [0.2, 0.25) is 0 Å². The monoisotopic (exact) mass is 458 g/mol. The molecule has 2 aromatic heterocycles. The van der Waals surface area contributed by atoms with Gasteiger partial charge in [-0.15, -0.1) is 0 Å². The van der Waals surface area contributed by atoms with E-state index in [1.165, 1.54) is 0 Å².